The van der Waals surface area contributed by atoms with Gasteiger partial charge in [-0.1, -0.05) is 41.9 Å². The summed E-state index contributed by atoms with van der Waals surface area (Å²) in [7, 11) is 1.53. The molecule has 0 aliphatic carbocycles. The molecule has 1 heterocycles. The van der Waals surface area contributed by atoms with Crippen molar-refractivity contribution in [2.75, 3.05) is 7.11 Å². The Balaban J connectivity index is 1.69. The van der Waals surface area contributed by atoms with Crippen LogP contribution in [0.4, 0.5) is 0 Å². The number of nitrogens with one attached hydrogen (secondary N) is 1. The minimum atomic E-state index is -0.814. The van der Waals surface area contributed by atoms with E-state index in [1.165, 1.54) is 7.11 Å². The van der Waals surface area contributed by atoms with E-state index in [0.29, 0.717) is 23.6 Å². The van der Waals surface area contributed by atoms with Gasteiger partial charge in [-0.2, -0.15) is 5.10 Å². The Kier molecular flexibility index (Phi) is 6.06. The Labute approximate surface area is 190 Å². The highest BCUT2D eigenvalue weighted by molar-refractivity contribution is 6.34. The maximum Gasteiger partial charge on any atom is 0.303 e. The van der Waals surface area contributed by atoms with Gasteiger partial charge in [0.2, 0.25) is 0 Å². The van der Waals surface area contributed by atoms with Gasteiger partial charge in [0, 0.05) is 22.9 Å². The Hall–Kier alpha value is -3.51. The summed E-state index contributed by atoms with van der Waals surface area (Å²) < 4.78 is 5.25. The van der Waals surface area contributed by atoms with E-state index >= 15 is 0 Å². The number of halogens is 1. The quantitative estimate of drug-likeness (QED) is 0.322. The number of hydrogen-bond acceptors (Lipinski definition) is 4. The van der Waals surface area contributed by atoms with Gasteiger partial charge in [0.15, 0.2) is 11.5 Å². The van der Waals surface area contributed by atoms with Crippen LogP contribution in [0.2, 0.25) is 5.02 Å². The number of benzene rings is 3. The zero-order valence-electron chi connectivity index (χ0n) is 17.8. The zero-order chi connectivity index (χ0) is 22.8. The van der Waals surface area contributed by atoms with Crippen LogP contribution >= 0.6 is 11.6 Å². The number of carboxylic acid groups (broad SMARTS) is 1. The molecule has 6 nitrogen and oxygen atoms in total. The fourth-order valence-electron chi connectivity index (χ4n) is 3.93. The van der Waals surface area contributed by atoms with Crippen LogP contribution in [0.3, 0.4) is 0 Å². The van der Waals surface area contributed by atoms with Crippen LogP contribution in [0.1, 0.15) is 24.1 Å². The molecule has 0 aliphatic heterocycles. The number of aromatic nitrogens is 2. The molecule has 0 saturated heterocycles. The lowest BCUT2D eigenvalue weighted by molar-refractivity contribution is -0.137. The molecule has 0 aliphatic rings. The number of phenolic OH excluding ortho intramolecular Hbond substituents is 1. The summed E-state index contributed by atoms with van der Waals surface area (Å²) in [5.74, 6) is -0.270. The van der Waals surface area contributed by atoms with Crippen LogP contribution in [-0.4, -0.2) is 33.5 Å². The maximum absolute atomic E-state index is 10.8. The van der Waals surface area contributed by atoms with E-state index in [2.05, 4.69) is 10.2 Å². The Morgan fingerprint density at radius 1 is 1.12 bits per heavy atom. The number of rotatable bonds is 7. The van der Waals surface area contributed by atoms with Crippen molar-refractivity contribution in [1.29, 1.82) is 0 Å². The van der Waals surface area contributed by atoms with Gasteiger partial charge in [-0.3, -0.25) is 9.89 Å². The normalized spacial score (nSPS) is 11.1. The molecular formula is C25H23ClN2O4. The third-order valence-corrected chi connectivity index (χ3v) is 5.90. The molecular weight excluding hydrogens is 428 g/mol. The van der Waals surface area contributed by atoms with Crippen molar-refractivity contribution in [1.82, 2.24) is 10.2 Å². The molecule has 0 radical (unpaired) electrons. The molecule has 0 fully saturated rings. The molecule has 32 heavy (non-hydrogen) atoms. The summed E-state index contributed by atoms with van der Waals surface area (Å²) in [6, 6.07) is 15.3. The number of aromatic amines is 1. The molecule has 4 rings (SSSR count). The number of phenols is 1. The molecule has 0 atom stereocenters. The smallest absolute Gasteiger partial charge is 0.303 e. The highest BCUT2D eigenvalue weighted by Crippen LogP contribution is 2.40. The highest BCUT2D eigenvalue weighted by Gasteiger charge is 2.15. The summed E-state index contributed by atoms with van der Waals surface area (Å²) in [5.41, 5.74) is 5.98. The van der Waals surface area contributed by atoms with Crippen molar-refractivity contribution in [2.45, 2.75) is 26.2 Å². The summed E-state index contributed by atoms with van der Waals surface area (Å²) in [4.78, 5) is 10.8. The van der Waals surface area contributed by atoms with E-state index in [1.807, 2.05) is 49.4 Å². The predicted octanol–water partition coefficient (Wildman–Crippen LogP) is 5.98. The number of carboxylic acids is 1. The maximum atomic E-state index is 10.8. The molecule has 0 saturated carbocycles. The van der Waals surface area contributed by atoms with Crippen molar-refractivity contribution < 1.29 is 19.7 Å². The number of hydrogen-bond donors (Lipinski definition) is 3. The van der Waals surface area contributed by atoms with Gasteiger partial charge in [0.1, 0.15) is 0 Å². The second-order valence-electron chi connectivity index (χ2n) is 7.68. The molecule has 3 aromatic carbocycles. The Bertz CT molecular complexity index is 1300. The van der Waals surface area contributed by atoms with Gasteiger partial charge in [-0.15, -0.1) is 0 Å². The number of aryl methyl sites for hydroxylation is 2. The molecule has 0 amide bonds. The van der Waals surface area contributed by atoms with E-state index in [1.54, 1.807) is 6.07 Å². The average Bonchev–Trinajstić information content (AvgIpc) is 3.15. The second-order valence-corrected chi connectivity index (χ2v) is 8.09. The number of fused-ring (bicyclic) bond motifs is 1. The number of aromatic hydroxyl groups is 1. The molecule has 4 aromatic rings. The lowest BCUT2D eigenvalue weighted by Crippen LogP contribution is -1.96. The van der Waals surface area contributed by atoms with Crippen molar-refractivity contribution >= 4 is 28.5 Å². The van der Waals surface area contributed by atoms with Crippen LogP contribution in [0, 0.1) is 6.92 Å². The predicted molar refractivity (Wildman–Crippen MR) is 126 cm³/mol. The molecule has 3 N–H and O–H groups in total. The largest absolute Gasteiger partial charge is 0.504 e. The molecule has 0 bridgehead atoms. The SMILES string of the molecule is COc1ccc(C)c(-c2ccc(-c3cc4c(CCCC(=O)O)n[nH]c4cc3Cl)cc2)c1O. The van der Waals surface area contributed by atoms with Crippen molar-refractivity contribution in [3.63, 3.8) is 0 Å². The van der Waals surface area contributed by atoms with Gasteiger partial charge in [-0.05, 0) is 54.7 Å². The van der Waals surface area contributed by atoms with E-state index in [4.69, 9.17) is 21.4 Å². The first-order valence-electron chi connectivity index (χ1n) is 10.2. The zero-order valence-corrected chi connectivity index (χ0v) is 18.5. The summed E-state index contributed by atoms with van der Waals surface area (Å²) in [5, 5.41) is 28.3. The lowest BCUT2D eigenvalue weighted by atomic mass is 9.95. The lowest BCUT2D eigenvalue weighted by Gasteiger charge is -2.13. The number of H-pyrrole nitrogens is 1. The van der Waals surface area contributed by atoms with Gasteiger partial charge in [-0.25, -0.2) is 0 Å². The van der Waals surface area contributed by atoms with E-state index in [9.17, 15) is 9.90 Å². The number of nitrogens with zero attached hydrogens (tertiary/aromatic N) is 1. The van der Waals surface area contributed by atoms with Gasteiger partial charge < -0.3 is 14.9 Å². The van der Waals surface area contributed by atoms with Crippen molar-refractivity contribution in [3.8, 4) is 33.8 Å². The van der Waals surface area contributed by atoms with Crippen LogP contribution in [0.15, 0.2) is 48.5 Å². The van der Waals surface area contributed by atoms with Crippen LogP contribution in [0.25, 0.3) is 33.2 Å². The number of ether oxygens (including phenoxy) is 1. The first-order valence-corrected chi connectivity index (χ1v) is 10.6. The molecule has 0 unspecified atom stereocenters. The van der Waals surface area contributed by atoms with Gasteiger partial charge in [0.05, 0.1) is 23.3 Å². The van der Waals surface area contributed by atoms with Crippen LogP contribution < -0.4 is 4.74 Å². The fourth-order valence-corrected chi connectivity index (χ4v) is 4.20. The van der Waals surface area contributed by atoms with Gasteiger partial charge >= 0.3 is 5.97 Å². The highest BCUT2D eigenvalue weighted by atomic mass is 35.5. The topological polar surface area (TPSA) is 95.4 Å². The number of aliphatic carboxylic acids is 1. The summed E-state index contributed by atoms with van der Waals surface area (Å²) in [6.07, 6.45) is 1.19. The molecule has 1 aromatic heterocycles. The van der Waals surface area contributed by atoms with Gasteiger partial charge in [0.25, 0.3) is 0 Å². The summed E-state index contributed by atoms with van der Waals surface area (Å²) >= 11 is 6.56. The van der Waals surface area contributed by atoms with Crippen molar-refractivity contribution in [2.24, 2.45) is 0 Å². The number of methoxy groups -OCH3 is 1. The first kappa shape index (κ1) is 21.7. The third-order valence-electron chi connectivity index (χ3n) is 5.59. The second kappa shape index (κ2) is 8.93. The molecule has 0 spiro atoms. The van der Waals surface area contributed by atoms with Crippen molar-refractivity contribution in [3.05, 3.63) is 64.8 Å². The third kappa shape index (κ3) is 4.14. The minimum Gasteiger partial charge on any atom is -0.504 e. The fraction of sp³-hybridized carbons (Fsp3) is 0.200. The monoisotopic (exact) mass is 450 g/mol. The number of carbonyl (C=O) groups is 1. The summed E-state index contributed by atoms with van der Waals surface area (Å²) in [6.45, 7) is 1.94. The average molecular weight is 451 g/mol. The van der Waals surface area contributed by atoms with Crippen LogP contribution in [-0.2, 0) is 11.2 Å². The Morgan fingerprint density at radius 2 is 1.84 bits per heavy atom. The van der Waals surface area contributed by atoms with E-state index < -0.39 is 5.97 Å². The van der Waals surface area contributed by atoms with E-state index in [-0.39, 0.29) is 12.2 Å². The van der Waals surface area contributed by atoms with Crippen LogP contribution in [0.5, 0.6) is 11.5 Å². The molecule has 164 valence electrons. The Morgan fingerprint density at radius 3 is 2.53 bits per heavy atom. The molecule has 7 heteroatoms. The minimum absolute atomic E-state index is 0.104. The standard InChI is InChI=1S/C25H23ClN2O4/c1-14-6-11-22(32-2)25(31)24(14)16-9-7-15(8-10-16)17-12-18-20(4-3-5-23(29)30)27-28-21(18)13-19(17)26/h6-13,31H,3-5H2,1-2H3,(H,27,28)(H,29,30). The first-order chi connectivity index (χ1) is 15.4. The van der Waals surface area contributed by atoms with E-state index in [0.717, 1.165) is 44.4 Å².